The minimum Gasteiger partial charge on any atom is -0.395 e. The van der Waals surface area contributed by atoms with Crippen LogP contribution in [0, 0.1) is 0 Å². The lowest BCUT2D eigenvalue weighted by Crippen LogP contribution is -2.46. The summed E-state index contributed by atoms with van der Waals surface area (Å²) in [5.74, 6) is 0. The summed E-state index contributed by atoms with van der Waals surface area (Å²) in [6, 6.07) is 2.38. The Hall–Kier alpha value is -0.460. The van der Waals surface area contributed by atoms with E-state index < -0.39 is 0 Å². The van der Waals surface area contributed by atoms with Gasteiger partial charge in [-0.3, -0.25) is 9.80 Å². The summed E-state index contributed by atoms with van der Waals surface area (Å²) in [5.41, 5.74) is 1.51. The fraction of sp³-hybridized carbons (Fsp3) is 0.692. The standard InChI is InChI=1S/C13H21N3OS/c17-6-5-15-1-3-16(4-2-15)10-12-7-11-8-14-9-13(11)18-12/h7,14,17H,1-6,8-10H2. The quantitative estimate of drug-likeness (QED) is 0.831. The summed E-state index contributed by atoms with van der Waals surface area (Å²) >= 11 is 1.97. The number of hydrogen-bond donors (Lipinski definition) is 2. The van der Waals surface area contributed by atoms with Gasteiger partial charge in [0.25, 0.3) is 0 Å². The molecule has 0 aliphatic carbocycles. The molecule has 2 aliphatic heterocycles. The fourth-order valence-corrected chi connectivity index (χ4v) is 3.95. The molecule has 1 fully saturated rings. The molecule has 4 nitrogen and oxygen atoms in total. The molecule has 1 aromatic rings. The molecule has 0 aromatic carbocycles. The number of hydrogen-bond acceptors (Lipinski definition) is 5. The summed E-state index contributed by atoms with van der Waals surface area (Å²) in [5, 5.41) is 12.3. The molecular weight excluding hydrogens is 246 g/mol. The summed E-state index contributed by atoms with van der Waals surface area (Å²) in [6.45, 7) is 8.75. The number of thiophene rings is 1. The Morgan fingerprint density at radius 1 is 1.17 bits per heavy atom. The molecule has 1 aromatic heterocycles. The Morgan fingerprint density at radius 2 is 1.94 bits per heavy atom. The van der Waals surface area contributed by atoms with E-state index >= 15 is 0 Å². The number of fused-ring (bicyclic) bond motifs is 1. The number of aliphatic hydroxyl groups is 1. The van der Waals surface area contributed by atoms with E-state index in [4.69, 9.17) is 5.11 Å². The van der Waals surface area contributed by atoms with Crippen molar-refractivity contribution in [3.8, 4) is 0 Å². The van der Waals surface area contributed by atoms with Gasteiger partial charge < -0.3 is 10.4 Å². The van der Waals surface area contributed by atoms with Crippen molar-refractivity contribution in [1.29, 1.82) is 0 Å². The molecule has 0 radical (unpaired) electrons. The average molecular weight is 267 g/mol. The van der Waals surface area contributed by atoms with E-state index in [1.54, 1.807) is 0 Å². The van der Waals surface area contributed by atoms with Crippen LogP contribution in [0.3, 0.4) is 0 Å². The molecule has 0 atom stereocenters. The Kier molecular flexibility index (Phi) is 3.96. The number of aliphatic hydroxyl groups excluding tert-OH is 1. The van der Waals surface area contributed by atoms with E-state index in [2.05, 4.69) is 21.2 Å². The number of rotatable bonds is 4. The summed E-state index contributed by atoms with van der Waals surface area (Å²) < 4.78 is 0. The highest BCUT2D eigenvalue weighted by molar-refractivity contribution is 7.12. The first kappa shape index (κ1) is 12.6. The zero-order valence-corrected chi connectivity index (χ0v) is 11.5. The third-order valence-electron chi connectivity index (χ3n) is 3.81. The SMILES string of the molecule is OCCN1CCN(Cc2cc3c(s2)CNC3)CC1. The van der Waals surface area contributed by atoms with Crippen molar-refractivity contribution in [2.75, 3.05) is 39.3 Å². The van der Waals surface area contributed by atoms with Crippen LogP contribution in [-0.2, 0) is 19.6 Å². The molecule has 2 N–H and O–H groups in total. The topological polar surface area (TPSA) is 38.7 Å². The monoisotopic (exact) mass is 267 g/mol. The Labute approximate surface area is 112 Å². The largest absolute Gasteiger partial charge is 0.395 e. The van der Waals surface area contributed by atoms with E-state index in [0.29, 0.717) is 0 Å². The fourth-order valence-electron chi connectivity index (χ4n) is 2.75. The first-order valence-electron chi connectivity index (χ1n) is 6.72. The number of piperazine rings is 1. The van der Waals surface area contributed by atoms with Crippen LogP contribution in [0.15, 0.2) is 6.07 Å². The predicted octanol–water partition coefficient (Wildman–Crippen LogP) is 0.461. The van der Waals surface area contributed by atoms with Gasteiger partial charge in [-0.05, 0) is 11.6 Å². The van der Waals surface area contributed by atoms with Gasteiger partial charge in [-0.2, -0.15) is 0 Å². The maximum absolute atomic E-state index is 8.93. The smallest absolute Gasteiger partial charge is 0.0558 e. The Morgan fingerprint density at radius 3 is 2.67 bits per heavy atom. The third kappa shape index (κ3) is 2.75. The highest BCUT2D eigenvalue weighted by Gasteiger charge is 2.19. The normalized spacial score (nSPS) is 21.4. The van der Waals surface area contributed by atoms with Crippen molar-refractivity contribution >= 4 is 11.3 Å². The van der Waals surface area contributed by atoms with Crippen LogP contribution >= 0.6 is 11.3 Å². The summed E-state index contributed by atoms with van der Waals surface area (Å²) in [7, 11) is 0. The van der Waals surface area contributed by atoms with Crippen molar-refractivity contribution in [3.05, 3.63) is 21.4 Å². The van der Waals surface area contributed by atoms with E-state index in [1.165, 1.54) is 15.3 Å². The lowest BCUT2D eigenvalue weighted by atomic mass is 10.2. The van der Waals surface area contributed by atoms with Crippen molar-refractivity contribution in [3.63, 3.8) is 0 Å². The maximum atomic E-state index is 8.93. The van der Waals surface area contributed by atoms with E-state index in [0.717, 1.165) is 52.4 Å². The Bertz CT molecular complexity index is 377. The van der Waals surface area contributed by atoms with Gasteiger partial charge >= 0.3 is 0 Å². The predicted molar refractivity (Wildman–Crippen MR) is 73.7 cm³/mol. The lowest BCUT2D eigenvalue weighted by molar-refractivity contribution is 0.109. The van der Waals surface area contributed by atoms with Crippen LogP contribution in [0.1, 0.15) is 15.3 Å². The third-order valence-corrected chi connectivity index (χ3v) is 4.97. The highest BCUT2D eigenvalue weighted by atomic mass is 32.1. The van der Waals surface area contributed by atoms with Crippen molar-refractivity contribution in [2.24, 2.45) is 0 Å². The van der Waals surface area contributed by atoms with E-state index in [-0.39, 0.29) is 6.61 Å². The minimum atomic E-state index is 0.282. The minimum absolute atomic E-state index is 0.282. The summed E-state index contributed by atoms with van der Waals surface area (Å²) in [6.07, 6.45) is 0. The highest BCUT2D eigenvalue weighted by Crippen LogP contribution is 2.27. The molecule has 2 aliphatic rings. The number of β-amino-alcohol motifs (C(OH)–C–C–N with tert-alkyl or cyclic N) is 1. The molecule has 0 bridgehead atoms. The van der Waals surface area contributed by atoms with Gasteiger partial charge in [0.1, 0.15) is 0 Å². The number of nitrogens with one attached hydrogen (secondary N) is 1. The molecular formula is C13H21N3OS. The number of nitrogens with zero attached hydrogens (tertiary/aromatic N) is 2. The van der Waals surface area contributed by atoms with Gasteiger partial charge in [-0.1, -0.05) is 0 Å². The van der Waals surface area contributed by atoms with Crippen molar-refractivity contribution < 1.29 is 5.11 Å². The second-order valence-electron chi connectivity index (χ2n) is 5.11. The van der Waals surface area contributed by atoms with E-state index in [9.17, 15) is 0 Å². The van der Waals surface area contributed by atoms with Gasteiger partial charge in [0.05, 0.1) is 6.61 Å². The van der Waals surface area contributed by atoms with Gasteiger partial charge in [0, 0.05) is 62.1 Å². The van der Waals surface area contributed by atoms with Crippen LogP contribution in [0.2, 0.25) is 0 Å². The second-order valence-corrected chi connectivity index (χ2v) is 6.33. The average Bonchev–Trinajstić information content (AvgIpc) is 2.92. The van der Waals surface area contributed by atoms with Crippen LogP contribution in [0.4, 0.5) is 0 Å². The van der Waals surface area contributed by atoms with Gasteiger partial charge in [0.15, 0.2) is 0 Å². The van der Waals surface area contributed by atoms with Crippen molar-refractivity contribution in [2.45, 2.75) is 19.6 Å². The zero-order chi connectivity index (χ0) is 12.4. The van der Waals surface area contributed by atoms with Gasteiger partial charge in [-0.15, -0.1) is 11.3 Å². The van der Waals surface area contributed by atoms with Crippen LogP contribution in [-0.4, -0.2) is 54.2 Å². The van der Waals surface area contributed by atoms with Crippen molar-refractivity contribution in [1.82, 2.24) is 15.1 Å². The van der Waals surface area contributed by atoms with Crippen LogP contribution in [0.5, 0.6) is 0 Å². The maximum Gasteiger partial charge on any atom is 0.0558 e. The molecule has 0 spiro atoms. The van der Waals surface area contributed by atoms with Crippen LogP contribution in [0.25, 0.3) is 0 Å². The second kappa shape index (κ2) is 5.67. The first-order chi connectivity index (χ1) is 8.85. The molecule has 100 valence electrons. The van der Waals surface area contributed by atoms with Gasteiger partial charge in [-0.25, -0.2) is 0 Å². The molecule has 3 heterocycles. The lowest BCUT2D eigenvalue weighted by Gasteiger charge is -2.34. The molecule has 0 saturated carbocycles. The first-order valence-corrected chi connectivity index (χ1v) is 7.53. The van der Waals surface area contributed by atoms with Gasteiger partial charge in [0.2, 0.25) is 0 Å². The zero-order valence-electron chi connectivity index (χ0n) is 10.7. The molecule has 0 amide bonds. The van der Waals surface area contributed by atoms with Crippen LogP contribution < -0.4 is 5.32 Å². The van der Waals surface area contributed by atoms with E-state index in [1.807, 2.05) is 11.3 Å². The molecule has 5 heteroatoms. The summed E-state index contributed by atoms with van der Waals surface area (Å²) in [4.78, 5) is 7.91. The Balaban J connectivity index is 1.51. The molecule has 18 heavy (non-hydrogen) atoms. The molecule has 0 unspecified atom stereocenters. The molecule has 3 rings (SSSR count). The molecule has 1 saturated heterocycles.